The van der Waals surface area contributed by atoms with E-state index in [0.29, 0.717) is 16.2 Å². The van der Waals surface area contributed by atoms with Gasteiger partial charge in [0.2, 0.25) is 0 Å². The number of hydrogen-bond acceptors (Lipinski definition) is 5. The Morgan fingerprint density at radius 3 is 2.52 bits per heavy atom. The third kappa shape index (κ3) is 3.47. The number of anilines is 1. The van der Waals surface area contributed by atoms with Crippen LogP contribution < -0.4 is 4.72 Å². The average Bonchev–Trinajstić information content (AvgIpc) is 3.21. The molecule has 146 valence electrons. The highest BCUT2D eigenvalue weighted by molar-refractivity contribution is 7.92. The summed E-state index contributed by atoms with van der Waals surface area (Å²) in [6.45, 7) is 0. The molecule has 1 aliphatic carbocycles. The standard InChI is InChI=1S/C21H19N5O2S/c27-29(28,19-10-7-15-3-1-2-4-17(15)13-19)25-18-8-5-16(6-9-18)20-11-12-21-23-22-14-26(21)24-20/h5-14,25H,1-4H2. The number of rotatable bonds is 4. The predicted molar refractivity (Wildman–Crippen MR) is 110 cm³/mol. The summed E-state index contributed by atoms with van der Waals surface area (Å²) >= 11 is 0. The second-order valence-corrected chi connectivity index (χ2v) is 8.86. The van der Waals surface area contributed by atoms with Crippen LogP contribution in [0.5, 0.6) is 0 Å². The van der Waals surface area contributed by atoms with Crippen molar-refractivity contribution < 1.29 is 8.42 Å². The highest BCUT2D eigenvalue weighted by atomic mass is 32.2. The summed E-state index contributed by atoms with van der Waals surface area (Å²) in [7, 11) is -3.63. The van der Waals surface area contributed by atoms with Crippen molar-refractivity contribution in [2.24, 2.45) is 0 Å². The molecule has 1 aliphatic rings. The molecule has 0 fully saturated rings. The normalized spacial score (nSPS) is 13.9. The van der Waals surface area contributed by atoms with Crippen molar-refractivity contribution in [2.75, 3.05) is 4.72 Å². The van der Waals surface area contributed by atoms with E-state index in [2.05, 4.69) is 20.0 Å². The molecular formula is C21H19N5O2S. The minimum Gasteiger partial charge on any atom is -0.280 e. The molecule has 0 radical (unpaired) electrons. The lowest BCUT2D eigenvalue weighted by molar-refractivity contribution is 0.600. The molecule has 0 saturated carbocycles. The van der Waals surface area contributed by atoms with Crippen LogP contribution >= 0.6 is 0 Å². The maximum atomic E-state index is 12.8. The van der Waals surface area contributed by atoms with Gasteiger partial charge in [-0.25, -0.2) is 8.42 Å². The van der Waals surface area contributed by atoms with Gasteiger partial charge in [0, 0.05) is 11.3 Å². The molecule has 29 heavy (non-hydrogen) atoms. The Kier molecular flexibility index (Phi) is 4.28. The van der Waals surface area contributed by atoms with E-state index in [0.717, 1.165) is 36.1 Å². The lowest BCUT2D eigenvalue weighted by Gasteiger charge is -2.17. The molecule has 0 spiro atoms. The van der Waals surface area contributed by atoms with Crippen LogP contribution in [0.4, 0.5) is 5.69 Å². The molecule has 2 aromatic carbocycles. The Balaban J connectivity index is 1.38. The van der Waals surface area contributed by atoms with Crippen molar-refractivity contribution in [3.63, 3.8) is 0 Å². The fraction of sp³-hybridized carbons (Fsp3) is 0.190. The molecular weight excluding hydrogens is 386 g/mol. The number of nitrogens with one attached hydrogen (secondary N) is 1. The number of aryl methyl sites for hydroxylation is 2. The zero-order valence-corrected chi connectivity index (χ0v) is 16.4. The van der Waals surface area contributed by atoms with Gasteiger partial charge >= 0.3 is 0 Å². The number of fused-ring (bicyclic) bond motifs is 2. The van der Waals surface area contributed by atoms with Gasteiger partial charge in [0.1, 0.15) is 6.33 Å². The lowest BCUT2D eigenvalue weighted by atomic mass is 9.92. The van der Waals surface area contributed by atoms with Crippen LogP contribution in [-0.2, 0) is 22.9 Å². The molecule has 0 amide bonds. The van der Waals surface area contributed by atoms with Crippen LogP contribution in [0.2, 0.25) is 0 Å². The number of benzene rings is 2. The van der Waals surface area contributed by atoms with Crippen LogP contribution in [-0.4, -0.2) is 28.2 Å². The molecule has 0 unspecified atom stereocenters. The minimum atomic E-state index is -3.63. The van der Waals surface area contributed by atoms with E-state index in [1.54, 1.807) is 29.0 Å². The Labute approximate surface area is 168 Å². The van der Waals surface area contributed by atoms with E-state index < -0.39 is 10.0 Å². The molecule has 2 heterocycles. The fourth-order valence-corrected chi connectivity index (χ4v) is 4.79. The highest BCUT2D eigenvalue weighted by Crippen LogP contribution is 2.26. The van der Waals surface area contributed by atoms with E-state index in [4.69, 9.17) is 0 Å². The molecule has 4 aromatic rings. The number of hydrogen-bond donors (Lipinski definition) is 1. The van der Waals surface area contributed by atoms with Crippen molar-refractivity contribution in [3.05, 3.63) is 72.1 Å². The predicted octanol–water partition coefficient (Wildman–Crippen LogP) is 3.47. The number of nitrogens with zero attached hydrogens (tertiary/aromatic N) is 4. The highest BCUT2D eigenvalue weighted by Gasteiger charge is 2.18. The number of sulfonamides is 1. The van der Waals surface area contributed by atoms with E-state index >= 15 is 0 Å². The van der Waals surface area contributed by atoms with Crippen molar-refractivity contribution >= 4 is 21.4 Å². The van der Waals surface area contributed by atoms with E-state index in [1.165, 1.54) is 12.0 Å². The first-order valence-corrected chi connectivity index (χ1v) is 11.0. The summed E-state index contributed by atoms with van der Waals surface area (Å²) in [5.74, 6) is 0. The maximum absolute atomic E-state index is 12.8. The van der Waals surface area contributed by atoms with Crippen LogP contribution in [0.1, 0.15) is 24.0 Å². The monoisotopic (exact) mass is 405 g/mol. The first-order chi connectivity index (χ1) is 14.1. The van der Waals surface area contributed by atoms with Crippen molar-refractivity contribution in [3.8, 4) is 11.3 Å². The maximum Gasteiger partial charge on any atom is 0.261 e. The summed E-state index contributed by atoms with van der Waals surface area (Å²) in [5, 5.41) is 12.2. The third-order valence-corrected chi connectivity index (χ3v) is 6.60. The quantitative estimate of drug-likeness (QED) is 0.562. The second-order valence-electron chi connectivity index (χ2n) is 7.17. The molecule has 0 atom stereocenters. The van der Waals surface area contributed by atoms with Gasteiger partial charge in [0.25, 0.3) is 10.0 Å². The van der Waals surface area contributed by atoms with Gasteiger partial charge in [0.05, 0.1) is 10.6 Å². The van der Waals surface area contributed by atoms with Crippen molar-refractivity contribution in [1.82, 2.24) is 19.8 Å². The summed E-state index contributed by atoms with van der Waals surface area (Å²) < 4.78 is 29.9. The fourth-order valence-electron chi connectivity index (χ4n) is 3.68. The van der Waals surface area contributed by atoms with Gasteiger partial charge in [-0.2, -0.15) is 9.61 Å². The molecule has 0 bridgehead atoms. The van der Waals surface area contributed by atoms with E-state index in [-0.39, 0.29) is 0 Å². The van der Waals surface area contributed by atoms with Gasteiger partial charge in [-0.3, -0.25) is 4.72 Å². The number of aromatic nitrogens is 4. The zero-order valence-electron chi connectivity index (χ0n) is 15.6. The molecule has 5 rings (SSSR count). The molecule has 8 heteroatoms. The van der Waals surface area contributed by atoms with Gasteiger partial charge in [-0.05, 0) is 73.2 Å². The van der Waals surface area contributed by atoms with Crippen molar-refractivity contribution in [1.29, 1.82) is 0 Å². The second kappa shape index (κ2) is 6.97. The topological polar surface area (TPSA) is 89.2 Å². The Morgan fingerprint density at radius 2 is 1.69 bits per heavy atom. The first-order valence-electron chi connectivity index (χ1n) is 9.51. The van der Waals surface area contributed by atoms with Crippen LogP contribution in [0.25, 0.3) is 16.9 Å². The first kappa shape index (κ1) is 17.8. The van der Waals surface area contributed by atoms with Crippen molar-refractivity contribution in [2.45, 2.75) is 30.6 Å². The molecule has 7 nitrogen and oxygen atoms in total. The molecule has 1 N–H and O–H groups in total. The molecule has 0 saturated heterocycles. The Hall–Kier alpha value is -3.26. The summed E-state index contributed by atoms with van der Waals surface area (Å²) in [5.41, 5.74) is 5.21. The van der Waals surface area contributed by atoms with Crippen LogP contribution in [0.15, 0.2) is 65.8 Å². The summed E-state index contributed by atoms with van der Waals surface area (Å²) in [6.07, 6.45) is 5.79. The SMILES string of the molecule is O=S(=O)(Nc1ccc(-c2ccc3nncn3n2)cc1)c1ccc2c(c1)CCCC2. The lowest BCUT2D eigenvalue weighted by Crippen LogP contribution is -2.14. The molecule has 2 aromatic heterocycles. The Bertz CT molecular complexity index is 1300. The van der Waals surface area contributed by atoms with Crippen LogP contribution in [0, 0.1) is 0 Å². The summed E-state index contributed by atoms with van der Waals surface area (Å²) in [4.78, 5) is 0.307. The smallest absolute Gasteiger partial charge is 0.261 e. The summed E-state index contributed by atoms with van der Waals surface area (Å²) in [6, 6.07) is 16.3. The average molecular weight is 405 g/mol. The van der Waals surface area contributed by atoms with E-state index in [1.807, 2.05) is 36.4 Å². The van der Waals surface area contributed by atoms with Gasteiger partial charge in [-0.1, -0.05) is 18.2 Å². The van der Waals surface area contributed by atoms with Crippen LogP contribution in [0.3, 0.4) is 0 Å². The van der Waals surface area contributed by atoms with Gasteiger partial charge in [0.15, 0.2) is 5.65 Å². The largest absolute Gasteiger partial charge is 0.280 e. The third-order valence-electron chi connectivity index (χ3n) is 5.22. The van der Waals surface area contributed by atoms with E-state index in [9.17, 15) is 8.42 Å². The zero-order chi connectivity index (χ0) is 19.8. The van der Waals surface area contributed by atoms with Gasteiger partial charge in [-0.15, -0.1) is 10.2 Å². The minimum absolute atomic E-state index is 0.307. The Morgan fingerprint density at radius 1 is 0.897 bits per heavy atom. The molecule has 0 aliphatic heterocycles. The van der Waals surface area contributed by atoms with Gasteiger partial charge < -0.3 is 0 Å².